The molecule has 110 valence electrons. The Hall–Kier alpha value is -1.39. The molecule has 0 radical (unpaired) electrons. The summed E-state index contributed by atoms with van der Waals surface area (Å²) in [6.07, 6.45) is 0.0235. The van der Waals surface area contributed by atoms with Gasteiger partial charge in [0, 0.05) is 0 Å². The lowest BCUT2D eigenvalue weighted by Gasteiger charge is -2.23. The Balaban J connectivity index is 1.85. The van der Waals surface area contributed by atoms with Crippen LogP contribution in [0, 0.1) is 0 Å². The Bertz CT molecular complexity index is 465. The minimum Gasteiger partial charge on any atom is -0.463 e. The summed E-state index contributed by atoms with van der Waals surface area (Å²) in [5.41, 5.74) is 0.483. The van der Waals surface area contributed by atoms with E-state index in [-0.39, 0.29) is 25.1 Å². The predicted octanol–water partition coefficient (Wildman–Crippen LogP) is 2.70. The minimum atomic E-state index is -0.639. The fourth-order valence-corrected chi connectivity index (χ4v) is 2.42. The second-order valence-electron chi connectivity index (χ2n) is 6.06. The Kier molecular flexibility index (Phi) is 4.16. The van der Waals surface area contributed by atoms with Crippen molar-refractivity contribution < 1.29 is 19.0 Å². The molecule has 1 unspecified atom stereocenters. The van der Waals surface area contributed by atoms with E-state index >= 15 is 0 Å². The maximum absolute atomic E-state index is 11.8. The number of ether oxygens (including phenoxy) is 3. The normalized spacial score (nSPS) is 23.5. The van der Waals surface area contributed by atoms with Crippen LogP contribution in [0.15, 0.2) is 30.3 Å². The molecule has 0 amide bonds. The molecular formula is C16H22O4. The Morgan fingerprint density at radius 1 is 1.20 bits per heavy atom. The number of rotatable bonds is 4. The molecule has 1 aliphatic heterocycles. The summed E-state index contributed by atoms with van der Waals surface area (Å²) in [4.78, 5) is 11.8. The topological polar surface area (TPSA) is 44.8 Å². The SMILES string of the molecule is CC1(C)OC(COC(=O)Cc2ccccc2)C(C)(C)O1. The Labute approximate surface area is 120 Å². The van der Waals surface area contributed by atoms with Gasteiger partial charge in [0.2, 0.25) is 0 Å². The Morgan fingerprint density at radius 3 is 2.40 bits per heavy atom. The van der Waals surface area contributed by atoms with Crippen LogP contribution in [0.25, 0.3) is 0 Å². The molecule has 1 aliphatic rings. The highest BCUT2D eigenvalue weighted by molar-refractivity contribution is 5.72. The van der Waals surface area contributed by atoms with E-state index in [9.17, 15) is 4.79 Å². The highest BCUT2D eigenvalue weighted by atomic mass is 16.8. The van der Waals surface area contributed by atoms with Crippen molar-refractivity contribution in [3.05, 3.63) is 35.9 Å². The van der Waals surface area contributed by atoms with Crippen LogP contribution >= 0.6 is 0 Å². The molecule has 0 N–H and O–H groups in total. The van der Waals surface area contributed by atoms with Crippen LogP contribution in [0.5, 0.6) is 0 Å². The van der Waals surface area contributed by atoms with Crippen LogP contribution in [-0.2, 0) is 25.4 Å². The largest absolute Gasteiger partial charge is 0.463 e. The van der Waals surface area contributed by atoms with E-state index in [1.165, 1.54) is 0 Å². The van der Waals surface area contributed by atoms with Crippen LogP contribution in [0.2, 0.25) is 0 Å². The third-order valence-electron chi connectivity index (χ3n) is 3.30. The quantitative estimate of drug-likeness (QED) is 0.794. The lowest BCUT2D eigenvalue weighted by atomic mass is 10.0. The zero-order chi connectivity index (χ0) is 14.8. The molecule has 1 fully saturated rings. The number of esters is 1. The summed E-state index contributed by atoms with van der Waals surface area (Å²) < 4.78 is 16.9. The van der Waals surface area contributed by atoms with Gasteiger partial charge in [-0.05, 0) is 33.3 Å². The maximum Gasteiger partial charge on any atom is 0.310 e. The highest BCUT2D eigenvalue weighted by Crippen LogP contribution is 2.35. The van der Waals surface area contributed by atoms with Gasteiger partial charge in [0.1, 0.15) is 12.7 Å². The van der Waals surface area contributed by atoms with E-state index in [2.05, 4.69) is 0 Å². The molecule has 4 nitrogen and oxygen atoms in total. The monoisotopic (exact) mass is 278 g/mol. The summed E-state index contributed by atoms with van der Waals surface area (Å²) in [5, 5.41) is 0. The van der Waals surface area contributed by atoms with Crippen molar-refractivity contribution in [1.82, 2.24) is 0 Å². The third-order valence-corrected chi connectivity index (χ3v) is 3.30. The second-order valence-corrected chi connectivity index (χ2v) is 6.06. The number of carbonyl (C=O) groups is 1. The average molecular weight is 278 g/mol. The van der Waals surface area contributed by atoms with Gasteiger partial charge >= 0.3 is 5.97 Å². The van der Waals surface area contributed by atoms with E-state index in [1.54, 1.807) is 0 Å². The van der Waals surface area contributed by atoms with Gasteiger partial charge in [-0.3, -0.25) is 4.79 Å². The predicted molar refractivity (Wildman–Crippen MR) is 75.2 cm³/mol. The van der Waals surface area contributed by atoms with Crippen molar-refractivity contribution in [2.45, 2.75) is 51.6 Å². The molecular weight excluding hydrogens is 256 g/mol. The van der Waals surface area contributed by atoms with Gasteiger partial charge in [0.05, 0.1) is 12.0 Å². The van der Waals surface area contributed by atoms with E-state index in [4.69, 9.17) is 14.2 Å². The first-order valence-corrected chi connectivity index (χ1v) is 6.86. The van der Waals surface area contributed by atoms with E-state index in [0.717, 1.165) is 5.56 Å². The highest BCUT2D eigenvalue weighted by Gasteiger charge is 2.47. The van der Waals surface area contributed by atoms with E-state index < -0.39 is 11.4 Å². The van der Waals surface area contributed by atoms with Crippen molar-refractivity contribution >= 4 is 5.97 Å². The lowest BCUT2D eigenvalue weighted by Crippen LogP contribution is -2.37. The first-order chi connectivity index (χ1) is 9.28. The molecule has 0 bridgehead atoms. The van der Waals surface area contributed by atoms with Gasteiger partial charge in [0.15, 0.2) is 5.79 Å². The molecule has 0 saturated carbocycles. The van der Waals surface area contributed by atoms with E-state index in [1.807, 2.05) is 58.0 Å². The number of hydrogen-bond acceptors (Lipinski definition) is 4. The summed E-state index contributed by atoms with van der Waals surface area (Å²) >= 11 is 0. The summed E-state index contributed by atoms with van der Waals surface area (Å²) in [5.74, 6) is -0.889. The van der Waals surface area contributed by atoms with Crippen molar-refractivity contribution in [3.63, 3.8) is 0 Å². The fraction of sp³-hybridized carbons (Fsp3) is 0.562. The van der Waals surface area contributed by atoms with Gasteiger partial charge in [-0.1, -0.05) is 30.3 Å². The molecule has 1 saturated heterocycles. The minimum absolute atomic E-state index is 0.210. The third kappa shape index (κ3) is 3.81. The first kappa shape index (κ1) is 15.0. The van der Waals surface area contributed by atoms with Crippen molar-refractivity contribution in [3.8, 4) is 0 Å². The van der Waals surface area contributed by atoms with Crippen molar-refractivity contribution in [2.75, 3.05) is 6.61 Å². The van der Waals surface area contributed by atoms with Gasteiger partial charge < -0.3 is 14.2 Å². The molecule has 20 heavy (non-hydrogen) atoms. The van der Waals surface area contributed by atoms with Crippen LogP contribution in [0.3, 0.4) is 0 Å². The van der Waals surface area contributed by atoms with Gasteiger partial charge in [-0.15, -0.1) is 0 Å². The zero-order valence-electron chi connectivity index (χ0n) is 12.5. The molecule has 1 atom stereocenters. The van der Waals surface area contributed by atoms with Gasteiger partial charge in [-0.25, -0.2) is 0 Å². The van der Waals surface area contributed by atoms with Gasteiger partial charge in [0.25, 0.3) is 0 Å². The average Bonchev–Trinajstić information content (AvgIpc) is 2.55. The van der Waals surface area contributed by atoms with Crippen molar-refractivity contribution in [1.29, 1.82) is 0 Å². The molecule has 4 heteroatoms. The van der Waals surface area contributed by atoms with Crippen LogP contribution in [0.1, 0.15) is 33.3 Å². The molecule has 1 aromatic rings. The summed E-state index contributed by atoms with van der Waals surface area (Å²) in [7, 11) is 0. The first-order valence-electron chi connectivity index (χ1n) is 6.86. The number of benzene rings is 1. The zero-order valence-corrected chi connectivity index (χ0v) is 12.5. The molecule has 1 heterocycles. The maximum atomic E-state index is 11.8. The number of carbonyl (C=O) groups excluding carboxylic acids is 1. The molecule has 2 rings (SSSR count). The summed E-state index contributed by atoms with van der Waals surface area (Å²) in [6, 6.07) is 9.54. The molecule has 0 spiro atoms. The molecule has 0 aromatic heterocycles. The van der Waals surface area contributed by atoms with Gasteiger partial charge in [-0.2, -0.15) is 0 Å². The van der Waals surface area contributed by atoms with Crippen molar-refractivity contribution in [2.24, 2.45) is 0 Å². The van der Waals surface area contributed by atoms with Crippen LogP contribution < -0.4 is 0 Å². The lowest BCUT2D eigenvalue weighted by molar-refractivity contribution is -0.163. The second kappa shape index (κ2) is 5.54. The summed E-state index contributed by atoms with van der Waals surface area (Å²) in [6.45, 7) is 7.82. The standard InChI is InChI=1S/C16H22O4/c1-15(2)13(19-16(3,4)20-15)11-18-14(17)10-12-8-6-5-7-9-12/h5-9,13H,10-11H2,1-4H3. The fourth-order valence-electron chi connectivity index (χ4n) is 2.42. The Morgan fingerprint density at radius 2 is 1.85 bits per heavy atom. The molecule has 0 aliphatic carbocycles. The van der Waals surface area contributed by atoms with Crippen LogP contribution in [-0.4, -0.2) is 30.1 Å². The number of hydrogen-bond donors (Lipinski definition) is 0. The smallest absolute Gasteiger partial charge is 0.310 e. The van der Waals surface area contributed by atoms with E-state index in [0.29, 0.717) is 0 Å². The van der Waals surface area contributed by atoms with Crippen LogP contribution in [0.4, 0.5) is 0 Å². The molecule has 1 aromatic carbocycles.